The molecule has 0 spiro atoms. The van der Waals surface area contributed by atoms with Gasteiger partial charge in [-0.2, -0.15) is 0 Å². The van der Waals surface area contributed by atoms with Crippen LogP contribution in [0.2, 0.25) is 0 Å². The highest BCUT2D eigenvalue weighted by molar-refractivity contribution is 7.91. The van der Waals surface area contributed by atoms with Gasteiger partial charge in [0.1, 0.15) is 14.8 Å². The van der Waals surface area contributed by atoms with Gasteiger partial charge in [-0.25, -0.2) is 8.42 Å². The summed E-state index contributed by atoms with van der Waals surface area (Å²) in [6.45, 7) is 2.68. The Morgan fingerprint density at radius 2 is 2.05 bits per heavy atom. The van der Waals surface area contributed by atoms with Gasteiger partial charge in [0.2, 0.25) is 0 Å². The minimum Gasteiger partial charge on any atom is -0.396 e. The molecule has 1 amide bonds. The van der Waals surface area contributed by atoms with Crippen LogP contribution in [0.1, 0.15) is 29.4 Å². The first-order valence-electron chi connectivity index (χ1n) is 5.91. The highest BCUT2D eigenvalue weighted by Crippen LogP contribution is 2.39. The molecule has 0 bridgehead atoms. The molecule has 6 nitrogen and oxygen atoms in total. The second kappa shape index (κ2) is 6.25. The number of amides is 1. The van der Waals surface area contributed by atoms with Gasteiger partial charge in [0.05, 0.1) is 5.69 Å². The molecule has 19 heavy (non-hydrogen) atoms. The van der Waals surface area contributed by atoms with Crippen LogP contribution in [0, 0.1) is 0 Å². The lowest BCUT2D eigenvalue weighted by Gasteiger charge is -2.05. The normalized spacial score (nSPS) is 11.3. The summed E-state index contributed by atoms with van der Waals surface area (Å²) in [4.78, 5) is 11.9. The topological polar surface area (TPSA) is 101 Å². The van der Waals surface area contributed by atoms with E-state index in [2.05, 4.69) is 10.6 Å². The molecule has 0 atom stereocenters. The summed E-state index contributed by atoms with van der Waals surface area (Å²) in [6.07, 6.45) is 2.99. The molecule has 1 rings (SSSR count). The molecule has 8 heteroatoms. The van der Waals surface area contributed by atoms with E-state index in [0.717, 1.165) is 30.4 Å². The van der Waals surface area contributed by atoms with Gasteiger partial charge >= 0.3 is 0 Å². The third-order valence-corrected chi connectivity index (χ3v) is 4.98. The van der Waals surface area contributed by atoms with Crippen molar-refractivity contribution < 1.29 is 13.2 Å². The average molecular weight is 305 g/mol. The summed E-state index contributed by atoms with van der Waals surface area (Å²) in [7, 11) is -2.00. The summed E-state index contributed by atoms with van der Waals surface area (Å²) in [5, 5.41) is 5.93. The van der Waals surface area contributed by atoms with E-state index in [4.69, 9.17) is 5.73 Å². The third kappa shape index (κ3) is 3.60. The van der Waals surface area contributed by atoms with Gasteiger partial charge < -0.3 is 16.4 Å². The minimum atomic E-state index is -3.48. The van der Waals surface area contributed by atoms with Gasteiger partial charge in [-0.15, -0.1) is 11.3 Å². The second-order valence-corrected chi connectivity index (χ2v) is 7.11. The van der Waals surface area contributed by atoms with Gasteiger partial charge in [-0.1, -0.05) is 13.3 Å². The Balaban J connectivity index is 3.24. The first-order chi connectivity index (χ1) is 8.82. The maximum Gasteiger partial charge on any atom is 0.263 e. The molecule has 0 aromatic carbocycles. The number of carbonyl (C=O) groups is 1. The van der Waals surface area contributed by atoms with Crippen LogP contribution in [0.4, 0.5) is 10.7 Å². The van der Waals surface area contributed by atoms with E-state index >= 15 is 0 Å². The van der Waals surface area contributed by atoms with Crippen LogP contribution < -0.4 is 16.4 Å². The number of thiophene rings is 1. The molecule has 1 heterocycles. The first kappa shape index (κ1) is 15.8. The number of unbranched alkanes of at least 4 members (excludes halogenated alkanes) is 1. The second-order valence-electron chi connectivity index (χ2n) is 4.13. The van der Waals surface area contributed by atoms with Crippen molar-refractivity contribution >= 4 is 37.8 Å². The van der Waals surface area contributed by atoms with E-state index < -0.39 is 9.84 Å². The van der Waals surface area contributed by atoms with Crippen molar-refractivity contribution in [3.63, 3.8) is 0 Å². The molecule has 1 aromatic rings. The SMILES string of the molecule is CCCCNc1sc(C(=O)NC)c(N)c1S(C)(=O)=O. The van der Waals surface area contributed by atoms with Crippen molar-refractivity contribution in [3.8, 4) is 0 Å². The van der Waals surface area contributed by atoms with Gasteiger partial charge in [-0.05, 0) is 6.42 Å². The van der Waals surface area contributed by atoms with Crippen LogP contribution in [0.3, 0.4) is 0 Å². The van der Waals surface area contributed by atoms with Crippen LogP contribution in [0.5, 0.6) is 0 Å². The Morgan fingerprint density at radius 1 is 1.42 bits per heavy atom. The standard InChI is InChI=1S/C11H19N3O3S2/c1-4-5-6-14-11-9(19(3,16)17)7(12)8(18-11)10(15)13-2/h14H,4-6,12H2,1-3H3,(H,13,15). The van der Waals surface area contributed by atoms with Crippen molar-refractivity contribution in [1.29, 1.82) is 0 Å². The smallest absolute Gasteiger partial charge is 0.263 e. The number of rotatable bonds is 6. The molecule has 1 aromatic heterocycles. The monoisotopic (exact) mass is 305 g/mol. The Bertz CT molecular complexity index is 564. The van der Waals surface area contributed by atoms with Gasteiger partial charge in [0.15, 0.2) is 9.84 Å². The number of nitrogens with one attached hydrogen (secondary N) is 2. The molecule has 0 aliphatic carbocycles. The van der Waals surface area contributed by atoms with Crippen molar-refractivity contribution in [2.24, 2.45) is 0 Å². The Morgan fingerprint density at radius 3 is 2.53 bits per heavy atom. The van der Waals surface area contributed by atoms with E-state index in [1.54, 1.807) is 0 Å². The molecule has 0 aliphatic heterocycles. The third-order valence-electron chi connectivity index (χ3n) is 2.52. The summed E-state index contributed by atoms with van der Waals surface area (Å²) in [5.41, 5.74) is 5.82. The predicted molar refractivity (Wildman–Crippen MR) is 78.6 cm³/mol. The van der Waals surface area contributed by atoms with Crippen molar-refractivity contribution in [2.75, 3.05) is 30.9 Å². The summed E-state index contributed by atoms with van der Waals surface area (Å²) < 4.78 is 23.6. The number of hydrogen-bond acceptors (Lipinski definition) is 6. The first-order valence-corrected chi connectivity index (χ1v) is 8.62. The summed E-state index contributed by atoms with van der Waals surface area (Å²) >= 11 is 1.07. The van der Waals surface area contributed by atoms with Gasteiger partial charge in [-0.3, -0.25) is 4.79 Å². The highest BCUT2D eigenvalue weighted by atomic mass is 32.2. The van der Waals surface area contributed by atoms with Crippen molar-refractivity contribution in [1.82, 2.24) is 5.32 Å². The average Bonchev–Trinajstić information content (AvgIpc) is 2.65. The molecule has 0 unspecified atom stereocenters. The van der Waals surface area contributed by atoms with E-state index in [9.17, 15) is 13.2 Å². The fourth-order valence-electron chi connectivity index (χ4n) is 1.57. The number of carbonyl (C=O) groups excluding carboxylic acids is 1. The van der Waals surface area contributed by atoms with Gasteiger partial charge in [0.25, 0.3) is 5.91 Å². The molecule has 0 saturated carbocycles. The number of anilines is 2. The Kier molecular flexibility index (Phi) is 5.19. The molecule has 4 N–H and O–H groups in total. The molecule has 0 aliphatic rings. The zero-order valence-electron chi connectivity index (χ0n) is 11.2. The maximum absolute atomic E-state index is 11.8. The molecule has 108 valence electrons. The molecular weight excluding hydrogens is 286 g/mol. The zero-order valence-corrected chi connectivity index (χ0v) is 12.9. The molecule has 0 radical (unpaired) electrons. The highest BCUT2D eigenvalue weighted by Gasteiger charge is 2.26. The fourth-order valence-corrected chi connectivity index (χ4v) is 4.12. The lowest BCUT2D eigenvalue weighted by molar-refractivity contribution is 0.0968. The number of nitrogen functional groups attached to an aromatic ring is 1. The number of sulfone groups is 1. The molecular formula is C11H19N3O3S2. The van der Waals surface area contributed by atoms with E-state index in [1.807, 2.05) is 6.92 Å². The summed E-state index contributed by atoms with van der Waals surface area (Å²) in [5.74, 6) is -0.379. The van der Waals surface area contributed by atoms with Crippen LogP contribution in [-0.2, 0) is 9.84 Å². The largest absolute Gasteiger partial charge is 0.396 e. The van der Waals surface area contributed by atoms with Crippen LogP contribution in [-0.4, -0.2) is 34.2 Å². The number of nitrogens with two attached hydrogens (primary N) is 1. The van der Waals surface area contributed by atoms with Crippen LogP contribution in [0.25, 0.3) is 0 Å². The lowest BCUT2D eigenvalue weighted by atomic mass is 10.3. The Hall–Kier alpha value is -1.28. The molecule has 0 fully saturated rings. The van der Waals surface area contributed by atoms with E-state index in [0.29, 0.717) is 11.5 Å². The fraction of sp³-hybridized carbons (Fsp3) is 0.545. The Labute approximate surface area is 117 Å². The minimum absolute atomic E-state index is 0.0193. The number of hydrogen-bond donors (Lipinski definition) is 3. The summed E-state index contributed by atoms with van der Waals surface area (Å²) in [6, 6.07) is 0. The quantitative estimate of drug-likeness (QED) is 0.688. The van der Waals surface area contributed by atoms with Crippen LogP contribution in [0.15, 0.2) is 4.90 Å². The maximum atomic E-state index is 11.8. The van der Waals surface area contributed by atoms with E-state index in [1.165, 1.54) is 7.05 Å². The van der Waals surface area contributed by atoms with Crippen molar-refractivity contribution in [2.45, 2.75) is 24.7 Å². The molecule has 0 saturated heterocycles. The lowest BCUT2D eigenvalue weighted by Crippen LogP contribution is -2.18. The van der Waals surface area contributed by atoms with Crippen molar-refractivity contribution in [3.05, 3.63) is 4.88 Å². The zero-order chi connectivity index (χ0) is 14.6. The van der Waals surface area contributed by atoms with Crippen LogP contribution >= 0.6 is 11.3 Å². The van der Waals surface area contributed by atoms with E-state index in [-0.39, 0.29) is 21.4 Å². The van der Waals surface area contributed by atoms with Gasteiger partial charge in [0, 0.05) is 19.8 Å². The predicted octanol–water partition coefficient (Wildman–Crippen LogP) is 1.31.